The lowest BCUT2D eigenvalue weighted by Gasteiger charge is -2.25. The number of aryl methyl sites for hydroxylation is 1. The summed E-state index contributed by atoms with van der Waals surface area (Å²) in [7, 11) is 0. The van der Waals surface area contributed by atoms with Crippen molar-refractivity contribution >= 4 is 23.2 Å². The van der Waals surface area contributed by atoms with E-state index in [1.165, 1.54) is 30.2 Å². The summed E-state index contributed by atoms with van der Waals surface area (Å²) in [5.74, 6) is 0.770. The summed E-state index contributed by atoms with van der Waals surface area (Å²) in [5, 5.41) is 0.106. The quantitative estimate of drug-likeness (QED) is 0.769. The minimum Gasteiger partial charge on any atom is -0.298 e. The summed E-state index contributed by atoms with van der Waals surface area (Å²) in [4.78, 5) is 15.5. The van der Waals surface area contributed by atoms with E-state index in [4.69, 9.17) is 23.2 Å². The third-order valence-electron chi connectivity index (χ3n) is 2.94. The highest BCUT2D eigenvalue weighted by molar-refractivity contribution is 6.40. The highest BCUT2D eigenvalue weighted by Gasteiger charge is 2.17. The van der Waals surface area contributed by atoms with E-state index >= 15 is 0 Å². The lowest BCUT2D eigenvalue weighted by atomic mass is 9.83. The molecule has 0 unspecified atom stereocenters. The van der Waals surface area contributed by atoms with Gasteiger partial charge in [-0.05, 0) is 12.3 Å². The molecule has 1 heterocycles. The first-order valence-electron chi connectivity index (χ1n) is 5.09. The first-order valence-corrected chi connectivity index (χ1v) is 5.84. The molecule has 0 aliphatic heterocycles. The molecule has 82 valence electrons. The van der Waals surface area contributed by atoms with Crippen LogP contribution in [0.5, 0.6) is 0 Å². The topological polar surface area (TPSA) is 34.9 Å². The molecular formula is C10H12Cl2N2O. The van der Waals surface area contributed by atoms with Gasteiger partial charge in [0.05, 0.1) is 6.33 Å². The molecule has 1 aliphatic rings. The molecule has 0 saturated heterocycles. The minimum atomic E-state index is -0.240. The molecule has 1 saturated carbocycles. The molecule has 0 spiro atoms. The van der Waals surface area contributed by atoms with Gasteiger partial charge in [0.2, 0.25) is 0 Å². The molecular weight excluding hydrogens is 235 g/mol. The molecule has 5 heteroatoms. The van der Waals surface area contributed by atoms with E-state index in [1.54, 1.807) is 0 Å². The summed E-state index contributed by atoms with van der Waals surface area (Å²) in [6, 6.07) is 0. The van der Waals surface area contributed by atoms with Gasteiger partial charge < -0.3 is 0 Å². The van der Waals surface area contributed by atoms with Crippen molar-refractivity contribution in [2.75, 3.05) is 0 Å². The van der Waals surface area contributed by atoms with Crippen LogP contribution in [0.1, 0.15) is 25.7 Å². The summed E-state index contributed by atoms with van der Waals surface area (Å²) in [5.41, 5.74) is -0.240. The van der Waals surface area contributed by atoms with Crippen LogP contribution >= 0.6 is 23.2 Å². The molecule has 1 aromatic rings. The fraction of sp³-hybridized carbons (Fsp3) is 0.600. The van der Waals surface area contributed by atoms with Crippen LogP contribution in [0.2, 0.25) is 10.2 Å². The number of nitrogens with zero attached hydrogens (tertiary/aromatic N) is 2. The summed E-state index contributed by atoms with van der Waals surface area (Å²) >= 11 is 11.3. The number of hydrogen-bond donors (Lipinski definition) is 0. The zero-order chi connectivity index (χ0) is 10.8. The predicted octanol–water partition coefficient (Wildman–Crippen LogP) is 2.74. The van der Waals surface area contributed by atoms with Gasteiger partial charge in [-0.15, -0.1) is 0 Å². The van der Waals surface area contributed by atoms with Crippen molar-refractivity contribution in [2.45, 2.75) is 32.2 Å². The fourth-order valence-corrected chi connectivity index (χ4v) is 1.99. The maximum atomic E-state index is 11.6. The van der Waals surface area contributed by atoms with Crippen LogP contribution in [0.15, 0.2) is 11.1 Å². The Balaban J connectivity index is 2.07. The molecule has 0 amide bonds. The predicted molar refractivity (Wildman–Crippen MR) is 60.5 cm³/mol. The van der Waals surface area contributed by atoms with Gasteiger partial charge in [-0.2, -0.15) is 0 Å². The van der Waals surface area contributed by atoms with Gasteiger partial charge in [0.15, 0.2) is 5.15 Å². The Kier molecular flexibility index (Phi) is 3.32. The van der Waals surface area contributed by atoms with Gasteiger partial charge in [-0.3, -0.25) is 9.36 Å². The maximum absolute atomic E-state index is 11.6. The van der Waals surface area contributed by atoms with Crippen molar-refractivity contribution in [2.24, 2.45) is 5.92 Å². The Morgan fingerprint density at radius 3 is 2.80 bits per heavy atom. The Bertz CT molecular complexity index is 412. The van der Waals surface area contributed by atoms with Gasteiger partial charge in [0.1, 0.15) is 5.02 Å². The largest absolute Gasteiger partial charge is 0.298 e. The Morgan fingerprint density at radius 2 is 2.20 bits per heavy atom. The average molecular weight is 247 g/mol. The zero-order valence-electron chi connectivity index (χ0n) is 8.25. The van der Waals surface area contributed by atoms with Crippen molar-refractivity contribution in [1.29, 1.82) is 0 Å². The molecule has 15 heavy (non-hydrogen) atoms. The Hall–Kier alpha value is -0.540. The third kappa shape index (κ3) is 2.34. The van der Waals surface area contributed by atoms with Crippen molar-refractivity contribution in [3.63, 3.8) is 0 Å². The average Bonchev–Trinajstić information content (AvgIpc) is 2.15. The SMILES string of the molecule is O=c1c(Cl)c(Cl)ncn1CCC1CCC1. The van der Waals surface area contributed by atoms with Gasteiger partial charge in [0.25, 0.3) is 5.56 Å². The van der Waals surface area contributed by atoms with Crippen LogP contribution in [0.25, 0.3) is 0 Å². The number of halogens is 2. The van der Waals surface area contributed by atoms with E-state index in [0.717, 1.165) is 12.3 Å². The smallest absolute Gasteiger partial charge is 0.273 e. The standard InChI is InChI=1S/C10H12Cl2N2O/c11-8-9(12)13-6-14(10(8)15)5-4-7-2-1-3-7/h6-7H,1-5H2. The molecule has 0 bridgehead atoms. The van der Waals surface area contributed by atoms with Crippen molar-refractivity contribution in [3.8, 4) is 0 Å². The monoisotopic (exact) mass is 246 g/mol. The second-order valence-electron chi connectivity index (χ2n) is 3.93. The van der Waals surface area contributed by atoms with E-state index in [1.807, 2.05) is 0 Å². The highest BCUT2D eigenvalue weighted by atomic mass is 35.5. The fourth-order valence-electron chi connectivity index (χ4n) is 1.71. The van der Waals surface area contributed by atoms with E-state index in [9.17, 15) is 4.79 Å². The Morgan fingerprint density at radius 1 is 1.47 bits per heavy atom. The summed E-state index contributed by atoms with van der Waals surface area (Å²) < 4.78 is 1.53. The normalized spacial score (nSPS) is 16.4. The molecule has 1 fully saturated rings. The van der Waals surface area contributed by atoms with Crippen LogP contribution in [0.3, 0.4) is 0 Å². The molecule has 3 nitrogen and oxygen atoms in total. The van der Waals surface area contributed by atoms with E-state index < -0.39 is 0 Å². The molecule has 1 aliphatic carbocycles. The molecule has 0 atom stereocenters. The number of rotatable bonds is 3. The molecule has 0 aromatic carbocycles. The van der Waals surface area contributed by atoms with E-state index in [2.05, 4.69) is 4.98 Å². The highest BCUT2D eigenvalue weighted by Crippen LogP contribution is 2.29. The summed E-state index contributed by atoms with van der Waals surface area (Å²) in [6.07, 6.45) is 6.38. The number of aromatic nitrogens is 2. The third-order valence-corrected chi connectivity index (χ3v) is 3.67. The second kappa shape index (κ2) is 4.54. The Labute approximate surface area is 98.0 Å². The van der Waals surface area contributed by atoms with E-state index in [-0.39, 0.29) is 15.7 Å². The zero-order valence-corrected chi connectivity index (χ0v) is 9.76. The molecule has 1 aromatic heterocycles. The van der Waals surface area contributed by atoms with Crippen molar-refractivity contribution in [3.05, 3.63) is 26.9 Å². The van der Waals surface area contributed by atoms with Gasteiger partial charge in [0, 0.05) is 6.54 Å². The summed E-state index contributed by atoms with van der Waals surface area (Å²) in [6.45, 7) is 0.688. The molecule has 0 radical (unpaired) electrons. The van der Waals surface area contributed by atoms with Crippen molar-refractivity contribution in [1.82, 2.24) is 9.55 Å². The van der Waals surface area contributed by atoms with Gasteiger partial charge in [-0.1, -0.05) is 42.5 Å². The second-order valence-corrected chi connectivity index (χ2v) is 4.67. The molecule has 0 N–H and O–H groups in total. The maximum Gasteiger partial charge on any atom is 0.273 e. The molecule has 2 rings (SSSR count). The van der Waals surface area contributed by atoms with Crippen molar-refractivity contribution < 1.29 is 0 Å². The number of hydrogen-bond acceptors (Lipinski definition) is 2. The van der Waals surface area contributed by atoms with Crippen LogP contribution < -0.4 is 5.56 Å². The minimum absolute atomic E-state index is 0.0211. The lowest BCUT2D eigenvalue weighted by Crippen LogP contribution is -2.23. The first kappa shape index (κ1) is 11.0. The first-order chi connectivity index (χ1) is 7.18. The van der Waals surface area contributed by atoms with Crippen LogP contribution in [-0.2, 0) is 6.54 Å². The van der Waals surface area contributed by atoms with Crippen LogP contribution in [-0.4, -0.2) is 9.55 Å². The van der Waals surface area contributed by atoms with Gasteiger partial charge in [-0.25, -0.2) is 4.98 Å². The van der Waals surface area contributed by atoms with Crippen LogP contribution in [0, 0.1) is 5.92 Å². The van der Waals surface area contributed by atoms with Crippen LogP contribution in [0.4, 0.5) is 0 Å². The lowest BCUT2D eigenvalue weighted by molar-refractivity contribution is 0.280. The van der Waals surface area contributed by atoms with Gasteiger partial charge >= 0.3 is 0 Å². The van der Waals surface area contributed by atoms with E-state index in [0.29, 0.717) is 6.54 Å².